The van der Waals surface area contributed by atoms with E-state index in [4.69, 9.17) is 37.4 Å². The Morgan fingerprint density at radius 1 is 1.00 bits per heavy atom. The summed E-state index contributed by atoms with van der Waals surface area (Å²) in [4.78, 5) is 6.36. The topological polar surface area (TPSA) is 86.1 Å². The van der Waals surface area contributed by atoms with Gasteiger partial charge in [-0.25, -0.2) is 13.4 Å². The van der Waals surface area contributed by atoms with Crippen LogP contribution in [0.1, 0.15) is 24.0 Å². The van der Waals surface area contributed by atoms with E-state index in [1.807, 2.05) is 29.0 Å². The predicted octanol–water partition coefficient (Wildman–Crippen LogP) is 4.29. The summed E-state index contributed by atoms with van der Waals surface area (Å²) in [6.07, 6.45) is 6.61. The first-order valence-corrected chi connectivity index (χ1v) is 15.7. The molecule has 9 nitrogen and oxygen atoms in total. The van der Waals surface area contributed by atoms with Crippen LogP contribution in [0.25, 0.3) is 0 Å². The van der Waals surface area contributed by atoms with Crippen molar-refractivity contribution in [1.29, 1.82) is 0 Å². The summed E-state index contributed by atoms with van der Waals surface area (Å²) in [5, 5.41) is 0.859. The van der Waals surface area contributed by atoms with E-state index in [0.717, 1.165) is 24.1 Å². The van der Waals surface area contributed by atoms with Gasteiger partial charge in [-0.2, -0.15) is 4.31 Å². The molecule has 0 N–H and O–H groups in total. The van der Waals surface area contributed by atoms with Crippen LogP contribution in [0.5, 0.6) is 0 Å². The van der Waals surface area contributed by atoms with Gasteiger partial charge in [0.05, 0.1) is 43.0 Å². The summed E-state index contributed by atoms with van der Waals surface area (Å²) in [6.45, 7) is 3.92. The van der Waals surface area contributed by atoms with Gasteiger partial charge in [0.2, 0.25) is 15.8 Å². The summed E-state index contributed by atoms with van der Waals surface area (Å²) in [5.74, 6) is -1.09. The third-order valence-electron chi connectivity index (χ3n) is 7.63. The molecule has 3 aliphatic rings. The highest BCUT2D eigenvalue weighted by molar-refractivity contribution is 7.90. The van der Waals surface area contributed by atoms with Crippen molar-refractivity contribution < 1.29 is 22.6 Å². The molecule has 1 saturated carbocycles. The number of piperazine rings is 1. The molecule has 40 heavy (non-hydrogen) atoms. The van der Waals surface area contributed by atoms with Crippen LogP contribution in [-0.4, -0.2) is 73.0 Å². The van der Waals surface area contributed by atoms with Crippen molar-refractivity contribution in [3.05, 3.63) is 82.4 Å². The molecule has 2 aliphatic heterocycles. The van der Waals surface area contributed by atoms with Crippen molar-refractivity contribution >= 4 is 38.9 Å². The number of ether oxygens (including phenoxy) is 3. The number of imidazole rings is 1. The van der Waals surface area contributed by atoms with Gasteiger partial charge >= 0.3 is 0 Å². The maximum absolute atomic E-state index is 12.5. The number of sulfonamides is 1. The molecule has 0 radical (unpaired) electrons. The van der Waals surface area contributed by atoms with Crippen molar-refractivity contribution in [3.8, 4) is 0 Å². The van der Waals surface area contributed by atoms with Crippen molar-refractivity contribution in [3.63, 3.8) is 0 Å². The summed E-state index contributed by atoms with van der Waals surface area (Å²) in [6, 6.07) is 13.5. The largest absolute Gasteiger partial charge is 0.369 e. The van der Waals surface area contributed by atoms with Gasteiger partial charge in [0.15, 0.2) is 0 Å². The number of nitrogens with zero attached hydrogens (tertiary/aromatic N) is 4. The number of halogens is 2. The summed E-state index contributed by atoms with van der Waals surface area (Å²) >= 11 is 12.7. The molecule has 1 aromatic heterocycles. The standard InChI is InChI=1S/C28H32Cl2N4O5S/c29-22-3-8-26(27(30)15-22)28(19-32-10-9-31-20-32)38-17-24(18-39-28)37-16-21-1-4-23(5-2-21)33-11-13-34(14-12-33)40(35,36)25-6-7-25/h1-5,8-10,15,20,24-25H,6-7,11-14,16-19H2/t24-,28+. The van der Waals surface area contributed by atoms with Crippen LogP contribution in [0.2, 0.25) is 10.0 Å². The van der Waals surface area contributed by atoms with Gasteiger partial charge in [0, 0.05) is 54.8 Å². The van der Waals surface area contributed by atoms with E-state index in [1.54, 1.807) is 29.0 Å². The Morgan fingerprint density at radius 2 is 1.73 bits per heavy atom. The van der Waals surface area contributed by atoms with E-state index in [-0.39, 0.29) is 11.4 Å². The zero-order chi connectivity index (χ0) is 27.7. The van der Waals surface area contributed by atoms with Crippen LogP contribution in [-0.2, 0) is 43.2 Å². The number of benzene rings is 2. The minimum Gasteiger partial charge on any atom is -0.369 e. The first-order chi connectivity index (χ1) is 19.3. The molecule has 0 atom stereocenters. The lowest BCUT2D eigenvalue weighted by molar-refractivity contribution is -0.313. The molecule has 214 valence electrons. The maximum atomic E-state index is 12.5. The van der Waals surface area contributed by atoms with E-state index in [9.17, 15) is 8.42 Å². The molecule has 0 spiro atoms. The third-order valence-corrected chi connectivity index (χ3v) is 10.6. The first kappa shape index (κ1) is 28.0. The summed E-state index contributed by atoms with van der Waals surface area (Å²) in [5.41, 5.74) is 2.82. The molecule has 3 fully saturated rings. The fraction of sp³-hybridized carbons (Fsp3) is 0.464. The van der Waals surface area contributed by atoms with Gasteiger partial charge in [-0.1, -0.05) is 41.4 Å². The van der Waals surface area contributed by atoms with E-state index >= 15 is 0 Å². The third kappa shape index (κ3) is 6.04. The quantitative estimate of drug-likeness (QED) is 0.359. The normalized spacial score (nSPS) is 24.4. The fourth-order valence-corrected chi connectivity index (χ4v) is 7.56. The van der Waals surface area contributed by atoms with Crippen molar-refractivity contribution in [2.24, 2.45) is 0 Å². The van der Waals surface area contributed by atoms with Crippen LogP contribution in [0.4, 0.5) is 5.69 Å². The van der Waals surface area contributed by atoms with Crippen molar-refractivity contribution in [2.45, 2.75) is 43.1 Å². The number of hydrogen-bond acceptors (Lipinski definition) is 7. The molecule has 2 aromatic carbocycles. The second kappa shape index (κ2) is 11.6. The SMILES string of the molecule is O=S(=O)(C1CC1)N1CCN(c2ccc(CO[C@H]3CO[C@@](Cn4ccnc4)(c4ccc(Cl)cc4Cl)OC3)cc2)CC1. The predicted molar refractivity (Wildman–Crippen MR) is 153 cm³/mol. The van der Waals surface area contributed by atoms with Gasteiger partial charge in [0.25, 0.3) is 0 Å². The van der Waals surface area contributed by atoms with Crippen LogP contribution in [0.3, 0.4) is 0 Å². The Bertz CT molecular complexity index is 1400. The smallest absolute Gasteiger partial charge is 0.217 e. The molecule has 3 aromatic rings. The van der Waals surface area contributed by atoms with Gasteiger partial charge in [-0.15, -0.1) is 0 Å². The highest BCUT2D eigenvalue weighted by Gasteiger charge is 2.42. The van der Waals surface area contributed by atoms with Crippen molar-refractivity contribution in [2.75, 3.05) is 44.3 Å². The van der Waals surface area contributed by atoms with Gasteiger partial charge in [-0.3, -0.25) is 0 Å². The molecular formula is C28H32Cl2N4O5S. The molecule has 3 heterocycles. The average molecular weight is 608 g/mol. The lowest BCUT2D eigenvalue weighted by Gasteiger charge is -2.41. The second-order valence-corrected chi connectivity index (χ2v) is 13.5. The monoisotopic (exact) mass is 606 g/mol. The maximum Gasteiger partial charge on any atom is 0.217 e. The Balaban J connectivity index is 1.03. The zero-order valence-corrected chi connectivity index (χ0v) is 24.3. The zero-order valence-electron chi connectivity index (χ0n) is 22.0. The van der Waals surface area contributed by atoms with Crippen LogP contribution in [0.15, 0.2) is 61.2 Å². The molecule has 0 amide bonds. The molecule has 12 heteroatoms. The van der Waals surface area contributed by atoms with Crippen LogP contribution < -0.4 is 4.90 Å². The lowest BCUT2D eigenvalue weighted by Crippen LogP contribution is -2.49. The Morgan fingerprint density at radius 3 is 2.35 bits per heavy atom. The second-order valence-electron chi connectivity index (χ2n) is 10.5. The molecule has 0 unspecified atom stereocenters. The molecule has 6 rings (SSSR count). The molecule has 1 aliphatic carbocycles. The summed E-state index contributed by atoms with van der Waals surface area (Å²) < 4.78 is 47.3. The Hall–Kier alpha value is -2.18. The minimum atomic E-state index is -3.11. The van der Waals surface area contributed by atoms with Crippen LogP contribution >= 0.6 is 23.2 Å². The number of rotatable bonds is 9. The Labute approximate surface area is 244 Å². The van der Waals surface area contributed by atoms with E-state index in [0.29, 0.717) is 68.2 Å². The van der Waals surface area contributed by atoms with Gasteiger partial charge in [-0.05, 0) is 42.7 Å². The number of anilines is 1. The highest BCUT2D eigenvalue weighted by Crippen LogP contribution is 2.38. The van der Waals surface area contributed by atoms with Crippen LogP contribution in [0, 0.1) is 0 Å². The minimum absolute atomic E-state index is 0.151. The van der Waals surface area contributed by atoms with Gasteiger partial charge in [0.1, 0.15) is 6.10 Å². The fourth-order valence-electron chi connectivity index (χ4n) is 5.19. The lowest BCUT2D eigenvalue weighted by atomic mass is 10.0. The molecule has 0 bridgehead atoms. The van der Waals surface area contributed by atoms with E-state index in [1.165, 1.54) is 0 Å². The number of hydrogen-bond donors (Lipinski definition) is 0. The Kier molecular flexibility index (Phi) is 8.11. The first-order valence-electron chi connectivity index (χ1n) is 13.5. The van der Waals surface area contributed by atoms with Gasteiger partial charge < -0.3 is 23.7 Å². The molecule has 2 saturated heterocycles. The number of aromatic nitrogens is 2. The van der Waals surface area contributed by atoms with E-state index < -0.39 is 15.8 Å². The molecular weight excluding hydrogens is 575 g/mol. The summed E-state index contributed by atoms with van der Waals surface area (Å²) in [7, 11) is -3.11. The van der Waals surface area contributed by atoms with Crippen molar-refractivity contribution in [1.82, 2.24) is 13.9 Å². The van der Waals surface area contributed by atoms with E-state index in [2.05, 4.69) is 22.0 Å². The highest BCUT2D eigenvalue weighted by atomic mass is 35.5. The average Bonchev–Trinajstić information content (AvgIpc) is 3.71.